The lowest BCUT2D eigenvalue weighted by atomic mass is 10.0. The van der Waals surface area contributed by atoms with Gasteiger partial charge in [0.05, 0.1) is 30.6 Å². The van der Waals surface area contributed by atoms with Gasteiger partial charge in [0.25, 0.3) is 0 Å². The number of aliphatic carboxylic acids is 1. The minimum Gasteiger partial charge on any atom is -0.481 e. The number of para-hydroxylation sites is 2. The van der Waals surface area contributed by atoms with Gasteiger partial charge in [0.1, 0.15) is 5.92 Å². The predicted molar refractivity (Wildman–Crippen MR) is 73.4 cm³/mol. The maximum atomic E-state index is 12.1. The standard InChI is InChI=1S/C13H17N3O4/c1-16(11-7-20-6-8(11)12(17)18)13(19)15-10-5-3-2-4-9(10)14/h2-5,8,11H,6-7,14H2,1H3,(H,15,19)(H,17,18). The lowest BCUT2D eigenvalue weighted by Gasteiger charge is -2.26. The quantitative estimate of drug-likeness (QED) is 0.711. The number of hydrogen-bond acceptors (Lipinski definition) is 4. The second-order valence-electron chi connectivity index (χ2n) is 4.68. The zero-order valence-electron chi connectivity index (χ0n) is 11.1. The Labute approximate surface area is 116 Å². The Morgan fingerprint density at radius 1 is 1.40 bits per heavy atom. The number of ether oxygens (including phenoxy) is 1. The summed E-state index contributed by atoms with van der Waals surface area (Å²) in [6, 6.07) is 5.97. The number of urea groups is 1. The van der Waals surface area contributed by atoms with Gasteiger partial charge in [0.2, 0.25) is 0 Å². The molecule has 1 aliphatic rings. The van der Waals surface area contributed by atoms with E-state index < -0.39 is 24.0 Å². The van der Waals surface area contributed by atoms with E-state index in [0.29, 0.717) is 11.4 Å². The third-order valence-electron chi connectivity index (χ3n) is 3.39. The van der Waals surface area contributed by atoms with Gasteiger partial charge in [0, 0.05) is 7.05 Å². The molecule has 1 heterocycles. The number of nitrogens with zero attached hydrogens (tertiary/aromatic N) is 1. The Balaban J connectivity index is 2.05. The van der Waals surface area contributed by atoms with Crippen LogP contribution >= 0.6 is 0 Å². The number of anilines is 2. The molecule has 2 amide bonds. The van der Waals surface area contributed by atoms with Gasteiger partial charge in [-0.15, -0.1) is 0 Å². The number of likely N-dealkylation sites (N-methyl/N-ethyl adjacent to an activating group) is 1. The summed E-state index contributed by atoms with van der Waals surface area (Å²) in [6.45, 7) is 0.330. The molecular formula is C13H17N3O4. The molecule has 0 spiro atoms. The number of carbonyl (C=O) groups excluding carboxylic acids is 1. The highest BCUT2D eigenvalue weighted by molar-refractivity contribution is 5.93. The van der Waals surface area contributed by atoms with Crippen LogP contribution in [-0.2, 0) is 9.53 Å². The third kappa shape index (κ3) is 2.83. The van der Waals surface area contributed by atoms with Crippen molar-refractivity contribution in [3.8, 4) is 0 Å². The van der Waals surface area contributed by atoms with Crippen LogP contribution in [0.3, 0.4) is 0 Å². The molecule has 0 bridgehead atoms. The molecule has 4 N–H and O–H groups in total. The van der Waals surface area contributed by atoms with E-state index in [4.69, 9.17) is 15.6 Å². The zero-order valence-corrected chi connectivity index (χ0v) is 11.1. The SMILES string of the molecule is CN(C(=O)Nc1ccccc1N)C1COCC1C(=O)O. The average Bonchev–Trinajstić information content (AvgIpc) is 2.89. The molecule has 0 aromatic heterocycles. The van der Waals surface area contributed by atoms with Crippen molar-refractivity contribution in [1.29, 1.82) is 0 Å². The van der Waals surface area contributed by atoms with E-state index in [1.807, 2.05) is 0 Å². The summed E-state index contributed by atoms with van der Waals surface area (Å²) in [5, 5.41) is 11.7. The maximum absolute atomic E-state index is 12.1. The van der Waals surface area contributed by atoms with E-state index in [0.717, 1.165) is 0 Å². The molecule has 2 atom stereocenters. The number of nitrogen functional groups attached to an aromatic ring is 1. The van der Waals surface area contributed by atoms with Crippen molar-refractivity contribution in [3.63, 3.8) is 0 Å². The first-order chi connectivity index (χ1) is 9.50. The van der Waals surface area contributed by atoms with Crippen LogP contribution in [0.25, 0.3) is 0 Å². The first-order valence-corrected chi connectivity index (χ1v) is 6.19. The van der Waals surface area contributed by atoms with E-state index in [9.17, 15) is 9.59 Å². The third-order valence-corrected chi connectivity index (χ3v) is 3.39. The smallest absolute Gasteiger partial charge is 0.322 e. The van der Waals surface area contributed by atoms with Gasteiger partial charge in [-0.1, -0.05) is 12.1 Å². The fraction of sp³-hybridized carbons (Fsp3) is 0.385. The van der Waals surface area contributed by atoms with Crippen LogP contribution in [0.4, 0.5) is 16.2 Å². The lowest BCUT2D eigenvalue weighted by molar-refractivity contribution is -0.142. The van der Waals surface area contributed by atoms with Crippen molar-refractivity contribution in [3.05, 3.63) is 24.3 Å². The second-order valence-corrected chi connectivity index (χ2v) is 4.68. The van der Waals surface area contributed by atoms with Crippen molar-refractivity contribution in [2.24, 2.45) is 5.92 Å². The van der Waals surface area contributed by atoms with E-state index in [1.165, 1.54) is 4.90 Å². The Hall–Kier alpha value is -2.28. The van der Waals surface area contributed by atoms with Crippen molar-refractivity contribution in [2.75, 3.05) is 31.3 Å². The summed E-state index contributed by atoms with van der Waals surface area (Å²) < 4.78 is 5.15. The number of carboxylic acid groups (broad SMARTS) is 1. The maximum Gasteiger partial charge on any atom is 0.322 e. The number of nitrogens with one attached hydrogen (secondary N) is 1. The molecule has 1 aliphatic heterocycles. The molecule has 0 radical (unpaired) electrons. The van der Waals surface area contributed by atoms with Crippen molar-refractivity contribution in [1.82, 2.24) is 4.90 Å². The van der Waals surface area contributed by atoms with Crippen LogP contribution < -0.4 is 11.1 Å². The Morgan fingerprint density at radius 2 is 2.10 bits per heavy atom. The number of carbonyl (C=O) groups is 2. The first kappa shape index (κ1) is 14.1. The molecule has 2 rings (SSSR count). The van der Waals surface area contributed by atoms with Crippen LogP contribution in [0.1, 0.15) is 0 Å². The molecule has 0 aliphatic carbocycles. The highest BCUT2D eigenvalue weighted by Crippen LogP contribution is 2.21. The van der Waals surface area contributed by atoms with Crippen LogP contribution in [-0.4, -0.2) is 48.3 Å². The summed E-state index contributed by atoms with van der Waals surface area (Å²) in [5.41, 5.74) is 6.69. The fourth-order valence-corrected chi connectivity index (χ4v) is 2.13. The summed E-state index contributed by atoms with van der Waals surface area (Å²) in [4.78, 5) is 24.6. The van der Waals surface area contributed by atoms with Crippen molar-refractivity contribution >= 4 is 23.4 Å². The van der Waals surface area contributed by atoms with Crippen LogP contribution in [0, 0.1) is 5.92 Å². The molecular weight excluding hydrogens is 262 g/mol. The van der Waals surface area contributed by atoms with Crippen LogP contribution in [0.2, 0.25) is 0 Å². The van der Waals surface area contributed by atoms with Gasteiger partial charge >= 0.3 is 12.0 Å². The average molecular weight is 279 g/mol. The van der Waals surface area contributed by atoms with Crippen molar-refractivity contribution in [2.45, 2.75) is 6.04 Å². The molecule has 7 heteroatoms. The molecule has 108 valence electrons. The normalized spacial score (nSPS) is 21.4. The predicted octanol–water partition coefficient (Wildman–Crippen LogP) is 0.832. The number of hydrogen-bond donors (Lipinski definition) is 3. The molecule has 1 saturated heterocycles. The second kappa shape index (κ2) is 5.79. The highest BCUT2D eigenvalue weighted by Gasteiger charge is 2.38. The fourth-order valence-electron chi connectivity index (χ4n) is 2.13. The number of amides is 2. The molecule has 7 nitrogen and oxygen atoms in total. The van der Waals surface area contributed by atoms with E-state index >= 15 is 0 Å². The number of benzene rings is 1. The summed E-state index contributed by atoms with van der Waals surface area (Å²) in [7, 11) is 1.55. The topological polar surface area (TPSA) is 105 Å². The zero-order chi connectivity index (χ0) is 14.7. The minimum atomic E-state index is -0.966. The molecule has 2 unspecified atom stereocenters. The summed E-state index contributed by atoms with van der Waals surface area (Å²) in [6.07, 6.45) is 0. The summed E-state index contributed by atoms with van der Waals surface area (Å²) in [5.74, 6) is -1.68. The Kier molecular flexibility index (Phi) is 4.09. The number of rotatable bonds is 3. The number of carboxylic acids is 1. The molecule has 1 aromatic rings. The lowest BCUT2D eigenvalue weighted by Crippen LogP contribution is -2.46. The van der Waals surface area contributed by atoms with Crippen molar-refractivity contribution < 1.29 is 19.4 Å². The monoisotopic (exact) mass is 279 g/mol. The van der Waals surface area contributed by atoms with Crippen LogP contribution in [0.5, 0.6) is 0 Å². The molecule has 20 heavy (non-hydrogen) atoms. The minimum absolute atomic E-state index is 0.116. The van der Waals surface area contributed by atoms with E-state index in [2.05, 4.69) is 5.32 Å². The molecule has 1 fully saturated rings. The van der Waals surface area contributed by atoms with E-state index in [-0.39, 0.29) is 13.2 Å². The molecule has 0 saturated carbocycles. The van der Waals surface area contributed by atoms with Gasteiger partial charge in [0.15, 0.2) is 0 Å². The Bertz CT molecular complexity index is 520. The largest absolute Gasteiger partial charge is 0.481 e. The Morgan fingerprint density at radius 3 is 2.75 bits per heavy atom. The van der Waals surface area contributed by atoms with Gasteiger partial charge < -0.3 is 25.8 Å². The summed E-state index contributed by atoms with van der Waals surface area (Å²) >= 11 is 0. The first-order valence-electron chi connectivity index (χ1n) is 6.19. The van der Waals surface area contributed by atoms with Crippen LogP contribution in [0.15, 0.2) is 24.3 Å². The van der Waals surface area contributed by atoms with E-state index in [1.54, 1.807) is 31.3 Å². The highest BCUT2D eigenvalue weighted by atomic mass is 16.5. The molecule has 1 aromatic carbocycles. The van der Waals surface area contributed by atoms with Gasteiger partial charge in [-0.2, -0.15) is 0 Å². The van der Waals surface area contributed by atoms with Gasteiger partial charge in [-0.05, 0) is 12.1 Å². The van der Waals surface area contributed by atoms with Gasteiger partial charge in [-0.25, -0.2) is 4.79 Å². The van der Waals surface area contributed by atoms with Gasteiger partial charge in [-0.3, -0.25) is 4.79 Å². The number of nitrogens with two attached hydrogens (primary N) is 1.